The molecule has 0 fully saturated rings. The van der Waals surface area contributed by atoms with Crippen LogP contribution in [0.5, 0.6) is 5.75 Å². The van der Waals surface area contributed by atoms with Gasteiger partial charge >= 0.3 is 0 Å². The van der Waals surface area contributed by atoms with Crippen LogP contribution in [0.25, 0.3) is 0 Å². The van der Waals surface area contributed by atoms with Crippen molar-refractivity contribution in [2.45, 2.75) is 0 Å². The fraction of sp³-hybridized carbons (Fsp3) is 0.0769. The van der Waals surface area contributed by atoms with Crippen LogP contribution < -0.4 is 15.8 Å². The largest absolute Gasteiger partial charge is 0.495 e. The van der Waals surface area contributed by atoms with Crippen molar-refractivity contribution in [1.82, 2.24) is 0 Å². The molecule has 0 heterocycles. The summed E-state index contributed by atoms with van der Waals surface area (Å²) in [6.07, 6.45) is 0. The van der Waals surface area contributed by atoms with E-state index in [1.807, 2.05) is 12.1 Å². The fourth-order valence-electron chi connectivity index (χ4n) is 1.57. The average Bonchev–Trinajstić information content (AvgIpc) is 2.35. The summed E-state index contributed by atoms with van der Waals surface area (Å²) in [5.41, 5.74) is 7.51. The minimum absolute atomic E-state index is 0.341. The smallest absolute Gasteiger partial charge is 0.135 e. The second-order valence-electron chi connectivity index (χ2n) is 3.82. The molecule has 0 amide bonds. The molecule has 100 valence electrons. The molecule has 0 aromatic heterocycles. The van der Waals surface area contributed by atoms with Gasteiger partial charge in [0.05, 0.1) is 28.6 Å². The summed E-state index contributed by atoms with van der Waals surface area (Å²) in [5.74, 6) is 0.321. The van der Waals surface area contributed by atoms with E-state index in [4.69, 9.17) is 10.5 Å². The third-order valence-corrected chi connectivity index (χ3v) is 3.80. The SMILES string of the molecule is COc1cc(Nc2ccc(F)cc2N)c(Br)cc1Br. The molecular formula is C13H11Br2FN2O. The second-order valence-corrected chi connectivity index (χ2v) is 5.53. The van der Waals surface area contributed by atoms with Gasteiger partial charge < -0.3 is 15.8 Å². The van der Waals surface area contributed by atoms with E-state index in [2.05, 4.69) is 37.2 Å². The molecule has 0 saturated heterocycles. The number of benzene rings is 2. The standard InChI is InChI=1S/C13H11Br2FN2O/c1-19-13-6-12(8(14)5-9(13)15)18-11-3-2-7(16)4-10(11)17/h2-6,18H,17H2,1H3. The number of rotatable bonds is 3. The van der Waals surface area contributed by atoms with Crippen molar-refractivity contribution < 1.29 is 9.13 Å². The Morgan fingerprint density at radius 1 is 1.11 bits per heavy atom. The molecule has 0 atom stereocenters. The number of ether oxygens (including phenoxy) is 1. The van der Waals surface area contributed by atoms with Crippen LogP contribution in [0.4, 0.5) is 21.5 Å². The van der Waals surface area contributed by atoms with Crippen molar-refractivity contribution in [2.24, 2.45) is 0 Å². The lowest BCUT2D eigenvalue weighted by Gasteiger charge is -2.13. The maximum atomic E-state index is 13.0. The normalized spacial score (nSPS) is 10.3. The molecule has 2 aromatic carbocycles. The third kappa shape index (κ3) is 3.19. The Morgan fingerprint density at radius 3 is 2.47 bits per heavy atom. The summed E-state index contributed by atoms with van der Waals surface area (Å²) >= 11 is 6.84. The number of nitrogen functional groups attached to an aromatic ring is 1. The number of hydrogen-bond acceptors (Lipinski definition) is 3. The fourth-order valence-corrected chi connectivity index (χ4v) is 2.83. The second kappa shape index (κ2) is 5.79. The highest BCUT2D eigenvalue weighted by Crippen LogP contribution is 2.36. The zero-order valence-electron chi connectivity index (χ0n) is 10.0. The van der Waals surface area contributed by atoms with Crippen LogP contribution >= 0.6 is 31.9 Å². The van der Waals surface area contributed by atoms with Crippen LogP contribution in [0.15, 0.2) is 39.3 Å². The Kier molecular flexibility index (Phi) is 4.31. The summed E-state index contributed by atoms with van der Waals surface area (Å²) in [4.78, 5) is 0. The van der Waals surface area contributed by atoms with E-state index in [1.54, 1.807) is 13.2 Å². The number of methoxy groups -OCH3 is 1. The van der Waals surface area contributed by atoms with Gasteiger partial charge in [-0.2, -0.15) is 0 Å². The lowest BCUT2D eigenvalue weighted by Crippen LogP contribution is -1.98. The molecule has 2 aromatic rings. The van der Waals surface area contributed by atoms with E-state index in [9.17, 15) is 4.39 Å². The van der Waals surface area contributed by atoms with Crippen molar-refractivity contribution in [3.63, 3.8) is 0 Å². The van der Waals surface area contributed by atoms with Crippen molar-refractivity contribution in [1.29, 1.82) is 0 Å². The van der Waals surface area contributed by atoms with Crippen LogP contribution in [0, 0.1) is 5.82 Å². The number of anilines is 3. The monoisotopic (exact) mass is 388 g/mol. The number of nitrogens with one attached hydrogen (secondary N) is 1. The Hall–Kier alpha value is -1.27. The molecule has 0 radical (unpaired) electrons. The molecule has 0 unspecified atom stereocenters. The Morgan fingerprint density at radius 2 is 1.84 bits per heavy atom. The first-order valence-corrected chi connectivity index (χ1v) is 6.95. The highest BCUT2D eigenvalue weighted by atomic mass is 79.9. The molecule has 19 heavy (non-hydrogen) atoms. The third-order valence-electron chi connectivity index (χ3n) is 2.52. The Balaban J connectivity index is 2.37. The molecule has 0 aliphatic rings. The van der Waals surface area contributed by atoms with Crippen LogP contribution in [0.2, 0.25) is 0 Å². The van der Waals surface area contributed by atoms with E-state index in [1.165, 1.54) is 12.1 Å². The molecule has 0 aliphatic carbocycles. The minimum atomic E-state index is -0.365. The van der Waals surface area contributed by atoms with Gasteiger partial charge in [-0.05, 0) is 56.1 Å². The van der Waals surface area contributed by atoms with Gasteiger partial charge in [-0.25, -0.2) is 4.39 Å². The van der Waals surface area contributed by atoms with E-state index in [0.717, 1.165) is 14.6 Å². The first kappa shape index (κ1) is 14.1. The number of nitrogens with two attached hydrogens (primary N) is 1. The topological polar surface area (TPSA) is 47.3 Å². The molecule has 0 saturated carbocycles. The van der Waals surface area contributed by atoms with Crippen molar-refractivity contribution in [3.05, 3.63) is 45.1 Å². The first-order chi connectivity index (χ1) is 9.01. The van der Waals surface area contributed by atoms with Crippen LogP contribution in [-0.2, 0) is 0 Å². The Labute approximate surface area is 127 Å². The van der Waals surface area contributed by atoms with E-state index in [0.29, 0.717) is 17.1 Å². The summed E-state index contributed by atoms with van der Waals surface area (Å²) in [6, 6.07) is 7.89. The molecule has 0 aliphatic heterocycles. The molecule has 3 nitrogen and oxygen atoms in total. The lowest BCUT2D eigenvalue weighted by molar-refractivity contribution is 0.412. The summed E-state index contributed by atoms with van der Waals surface area (Å²) < 4.78 is 19.9. The number of halogens is 3. The maximum Gasteiger partial charge on any atom is 0.135 e. The van der Waals surface area contributed by atoms with Gasteiger partial charge in [0.15, 0.2) is 0 Å². The summed E-state index contributed by atoms with van der Waals surface area (Å²) in [7, 11) is 1.59. The highest BCUT2D eigenvalue weighted by Gasteiger charge is 2.09. The maximum absolute atomic E-state index is 13.0. The van der Waals surface area contributed by atoms with Gasteiger partial charge in [0.1, 0.15) is 11.6 Å². The van der Waals surface area contributed by atoms with E-state index < -0.39 is 0 Å². The molecule has 6 heteroatoms. The minimum Gasteiger partial charge on any atom is -0.495 e. The molecule has 2 rings (SSSR count). The molecular weight excluding hydrogens is 379 g/mol. The van der Waals surface area contributed by atoms with Gasteiger partial charge in [0, 0.05) is 10.5 Å². The van der Waals surface area contributed by atoms with E-state index in [-0.39, 0.29) is 5.82 Å². The molecule has 3 N–H and O–H groups in total. The summed E-state index contributed by atoms with van der Waals surface area (Å²) in [5, 5.41) is 3.13. The van der Waals surface area contributed by atoms with Gasteiger partial charge in [0.25, 0.3) is 0 Å². The highest BCUT2D eigenvalue weighted by molar-refractivity contribution is 9.11. The average molecular weight is 390 g/mol. The first-order valence-electron chi connectivity index (χ1n) is 5.36. The van der Waals surface area contributed by atoms with Crippen LogP contribution in [-0.4, -0.2) is 7.11 Å². The van der Waals surface area contributed by atoms with Crippen molar-refractivity contribution in [2.75, 3.05) is 18.2 Å². The zero-order valence-corrected chi connectivity index (χ0v) is 13.2. The molecule has 0 bridgehead atoms. The molecule has 0 spiro atoms. The van der Waals surface area contributed by atoms with Gasteiger partial charge in [0.2, 0.25) is 0 Å². The summed E-state index contributed by atoms with van der Waals surface area (Å²) in [6.45, 7) is 0. The van der Waals surface area contributed by atoms with Crippen molar-refractivity contribution >= 4 is 48.9 Å². The predicted molar refractivity (Wildman–Crippen MR) is 82.5 cm³/mol. The van der Waals surface area contributed by atoms with Gasteiger partial charge in [-0.1, -0.05) is 0 Å². The predicted octanol–water partition coefficient (Wildman–Crippen LogP) is 4.69. The van der Waals surface area contributed by atoms with Crippen molar-refractivity contribution in [3.8, 4) is 5.75 Å². The zero-order chi connectivity index (χ0) is 14.0. The Bertz CT molecular complexity index is 620. The number of hydrogen-bond donors (Lipinski definition) is 2. The lowest BCUT2D eigenvalue weighted by atomic mass is 10.2. The van der Waals surface area contributed by atoms with Crippen LogP contribution in [0.3, 0.4) is 0 Å². The van der Waals surface area contributed by atoms with Gasteiger partial charge in [-0.3, -0.25) is 0 Å². The van der Waals surface area contributed by atoms with Crippen LogP contribution in [0.1, 0.15) is 0 Å². The van der Waals surface area contributed by atoms with E-state index >= 15 is 0 Å². The quantitative estimate of drug-likeness (QED) is 0.749. The van der Waals surface area contributed by atoms with Gasteiger partial charge in [-0.15, -0.1) is 0 Å².